The smallest absolute Gasteiger partial charge is 0.327 e. The molecule has 3 aromatic carbocycles. The fourth-order valence-electron chi connectivity index (χ4n) is 10.4. The van der Waals surface area contributed by atoms with Gasteiger partial charge in [0, 0.05) is 88.6 Å². The van der Waals surface area contributed by atoms with Crippen LogP contribution in [0.2, 0.25) is 0 Å². The zero-order chi connectivity index (χ0) is 63.8. The number of aromatic nitrogens is 3. The molecule has 10 atom stereocenters. The fourth-order valence-corrected chi connectivity index (χ4v) is 10.8. The summed E-state index contributed by atoms with van der Waals surface area (Å²) in [6.07, 6.45) is 4.38. The molecule has 88 heavy (non-hydrogen) atoms. The number of aliphatic hydroxyl groups excluding tert-OH is 1. The molecule has 6 aromatic rings. The SMILES string of the molecule is CC[C@H](C)[C@H](NC(=O)[C@H](Cc1c[nH]c2ccccc12)NC(=O)[C@@H](N)CS)C(=O)N[C@@H](Cc1c[nH]c2ccccc12)C(=O)N1CCC[C@H]1C(=O)N[C@@H](CC(=O)O)C(=O)N[C@@H](CO)C(=O)NCC(=O)N[C@@H](Cc1c[nH]c2ccccc12)C(=O)N[C@@H](CS)C(=O)O. The molecular weight excluding hydrogens is 1180 g/mol. The fraction of sp³-hybridized carbons (Fsp3) is 0.407. The van der Waals surface area contributed by atoms with Crippen LogP contribution in [-0.2, 0) is 72.0 Å². The maximum Gasteiger partial charge on any atom is 0.327 e. The van der Waals surface area contributed by atoms with E-state index in [2.05, 4.69) is 82.7 Å². The standard InChI is InChI=1S/C59H73N13O14S2/c1-3-30(2)50(71-55(81)42(66-51(77)37(60)28-87)20-32-24-62-39-15-8-5-12-35(32)39)57(83)68-44(21-33-25-63-40-16-9-6-13-36(33)40)58(84)72-18-10-17-47(72)56(82)67-43(22-49(75)76)54(80)69-45(27-73)52(78)64-26-48(74)65-41(53(79)70-46(29-88)59(85)86)19-31-23-61-38-14-7-4-11-34(31)38/h4-9,11-16,23-25,30,37,41-47,50,61-63,73,87-88H,3,10,17-22,26-29,60H2,1-2H3,(H,64,78)(H,65,74)(H,66,77)(H,67,82)(H,68,83)(H,69,80)(H,70,79)(H,71,81)(H,75,76)(H,85,86)/t30-,37-,41-,42-,43-,44-,45-,46-,47-,50-/m0/s1. The van der Waals surface area contributed by atoms with E-state index >= 15 is 4.79 Å². The van der Waals surface area contributed by atoms with Gasteiger partial charge in [0.05, 0.1) is 25.6 Å². The van der Waals surface area contributed by atoms with Crippen LogP contribution in [0.15, 0.2) is 91.4 Å². The molecule has 16 N–H and O–H groups in total. The summed E-state index contributed by atoms with van der Waals surface area (Å²) in [5.41, 5.74) is 10.1. The first-order valence-corrected chi connectivity index (χ1v) is 29.8. The zero-order valence-electron chi connectivity index (χ0n) is 48.2. The molecule has 0 spiro atoms. The van der Waals surface area contributed by atoms with Gasteiger partial charge in [0.25, 0.3) is 0 Å². The van der Waals surface area contributed by atoms with E-state index in [0.717, 1.165) is 27.3 Å². The second kappa shape index (κ2) is 31.1. The largest absolute Gasteiger partial charge is 0.481 e. The second-order valence-electron chi connectivity index (χ2n) is 21.5. The van der Waals surface area contributed by atoms with Crippen molar-refractivity contribution in [3.63, 3.8) is 0 Å². The number of thiol groups is 2. The van der Waals surface area contributed by atoms with Gasteiger partial charge < -0.3 is 83.4 Å². The third-order valence-corrected chi connectivity index (χ3v) is 16.2. The number of carbonyl (C=O) groups is 11. The van der Waals surface area contributed by atoms with Crippen LogP contribution in [0.5, 0.6) is 0 Å². The molecule has 7 rings (SSSR count). The van der Waals surface area contributed by atoms with Gasteiger partial charge in [-0.1, -0.05) is 74.9 Å². The Morgan fingerprint density at radius 3 is 1.57 bits per heavy atom. The summed E-state index contributed by atoms with van der Waals surface area (Å²) in [6.45, 7) is 1.60. The summed E-state index contributed by atoms with van der Waals surface area (Å²) in [7, 11) is 0. The lowest BCUT2D eigenvalue weighted by Crippen LogP contribution is -2.61. The summed E-state index contributed by atoms with van der Waals surface area (Å²) in [5.74, 6) is -11.8. The number of aliphatic carboxylic acids is 2. The van der Waals surface area contributed by atoms with Crippen LogP contribution < -0.4 is 48.3 Å². The summed E-state index contributed by atoms with van der Waals surface area (Å²) in [6, 6.07) is 8.89. The Hall–Kier alpha value is -8.93. The van der Waals surface area contributed by atoms with E-state index in [1.165, 1.54) is 4.90 Å². The normalized spacial score (nSPS) is 16.2. The van der Waals surface area contributed by atoms with Gasteiger partial charge >= 0.3 is 11.9 Å². The van der Waals surface area contributed by atoms with Gasteiger partial charge in [0.15, 0.2) is 0 Å². The number of fused-ring (bicyclic) bond motifs is 3. The number of H-pyrrole nitrogens is 3. The Morgan fingerprint density at radius 2 is 1.07 bits per heavy atom. The molecule has 0 radical (unpaired) electrons. The number of carboxylic acid groups (broad SMARTS) is 2. The molecule has 0 bridgehead atoms. The number of carbonyl (C=O) groups excluding carboxylic acids is 9. The van der Waals surface area contributed by atoms with Gasteiger partial charge in [0.2, 0.25) is 53.2 Å². The molecule has 0 unspecified atom stereocenters. The average Bonchev–Trinajstić information content (AvgIpc) is 2.83. The van der Waals surface area contributed by atoms with Crippen molar-refractivity contribution in [3.05, 3.63) is 108 Å². The Morgan fingerprint density at radius 1 is 0.591 bits per heavy atom. The highest BCUT2D eigenvalue weighted by molar-refractivity contribution is 7.80. The Labute approximate surface area is 515 Å². The quantitative estimate of drug-likeness (QED) is 0.0243. The lowest BCUT2D eigenvalue weighted by atomic mass is 9.96. The predicted octanol–water partition coefficient (Wildman–Crippen LogP) is -0.556. The van der Waals surface area contributed by atoms with Gasteiger partial charge in [0.1, 0.15) is 48.3 Å². The number of nitrogens with two attached hydrogens (primary N) is 1. The minimum atomic E-state index is -1.90. The van der Waals surface area contributed by atoms with Crippen molar-refractivity contribution < 1.29 is 68.1 Å². The predicted molar refractivity (Wildman–Crippen MR) is 329 cm³/mol. The Balaban J connectivity index is 1.04. The lowest BCUT2D eigenvalue weighted by Gasteiger charge is -2.32. The van der Waals surface area contributed by atoms with Crippen LogP contribution in [0, 0.1) is 5.92 Å². The number of aromatic amines is 3. The molecule has 9 amide bonds. The second-order valence-corrected chi connectivity index (χ2v) is 22.2. The molecule has 3 aromatic heterocycles. The topological polar surface area (TPSA) is 421 Å². The molecule has 0 aliphatic carbocycles. The molecule has 470 valence electrons. The molecule has 1 aliphatic heterocycles. The number of rotatable bonds is 31. The minimum Gasteiger partial charge on any atom is -0.481 e. The van der Waals surface area contributed by atoms with Crippen molar-refractivity contribution >= 4 is 123 Å². The first-order chi connectivity index (χ1) is 42.1. The van der Waals surface area contributed by atoms with Crippen LogP contribution in [0.1, 0.15) is 56.2 Å². The van der Waals surface area contributed by atoms with E-state index in [0.29, 0.717) is 28.5 Å². The number of para-hydroxylation sites is 3. The van der Waals surface area contributed by atoms with Crippen molar-refractivity contribution in [2.75, 3.05) is 31.2 Å². The highest BCUT2D eigenvalue weighted by Gasteiger charge is 2.41. The van der Waals surface area contributed by atoms with E-state index < -0.39 is 145 Å². The van der Waals surface area contributed by atoms with E-state index in [-0.39, 0.29) is 50.2 Å². The minimum absolute atomic E-state index is 0.000735. The molecule has 29 heteroatoms. The van der Waals surface area contributed by atoms with Gasteiger partial charge in [-0.15, -0.1) is 0 Å². The number of nitrogens with zero attached hydrogens (tertiary/aromatic N) is 1. The molecule has 0 saturated carbocycles. The number of hydrogen-bond donors (Lipinski definition) is 17. The summed E-state index contributed by atoms with van der Waals surface area (Å²) < 4.78 is 0. The monoisotopic (exact) mass is 1250 g/mol. The van der Waals surface area contributed by atoms with Gasteiger partial charge in [-0.05, 0) is 53.6 Å². The van der Waals surface area contributed by atoms with Gasteiger partial charge in [-0.2, -0.15) is 25.3 Å². The molecule has 27 nitrogen and oxygen atoms in total. The third kappa shape index (κ3) is 17.0. The number of nitrogens with one attached hydrogen (secondary N) is 11. The average molecular weight is 1250 g/mol. The highest BCUT2D eigenvalue weighted by Crippen LogP contribution is 2.25. The number of benzene rings is 3. The molecular formula is C59H73N13O14S2. The van der Waals surface area contributed by atoms with E-state index in [9.17, 15) is 63.3 Å². The van der Waals surface area contributed by atoms with Crippen molar-refractivity contribution in [1.82, 2.24) is 62.4 Å². The number of likely N-dealkylation sites (tertiary alicyclic amines) is 1. The maximum absolute atomic E-state index is 15.1. The lowest BCUT2D eigenvalue weighted by molar-refractivity contribution is -0.144. The van der Waals surface area contributed by atoms with E-state index in [1.54, 1.807) is 68.8 Å². The van der Waals surface area contributed by atoms with E-state index in [1.807, 2.05) is 36.4 Å². The van der Waals surface area contributed by atoms with Crippen LogP contribution in [0.4, 0.5) is 0 Å². The van der Waals surface area contributed by atoms with Crippen LogP contribution in [-0.4, -0.2) is 186 Å². The third-order valence-electron chi connectivity index (χ3n) is 15.4. The van der Waals surface area contributed by atoms with Crippen LogP contribution in [0.3, 0.4) is 0 Å². The maximum atomic E-state index is 15.1. The summed E-state index contributed by atoms with van der Waals surface area (Å²) in [4.78, 5) is 160. The highest BCUT2D eigenvalue weighted by atomic mass is 32.1. The first-order valence-electron chi connectivity index (χ1n) is 28.5. The first kappa shape index (κ1) is 66.6. The van der Waals surface area contributed by atoms with E-state index in [4.69, 9.17) is 5.73 Å². The van der Waals surface area contributed by atoms with Crippen LogP contribution >= 0.6 is 25.3 Å². The molecule has 4 heterocycles. The van der Waals surface area contributed by atoms with Crippen molar-refractivity contribution in [2.45, 2.75) is 113 Å². The van der Waals surface area contributed by atoms with Crippen molar-refractivity contribution in [1.29, 1.82) is 0 Å². The number of hydrogen-bond acceptors (Lipinski definition) is 15. The number of amides is 9. The van der Waals surface area contributed by atoms with Crippen molar-refractivity contribution in [2.24, 2.45) is 11.7 Å². The van der Waals surface area contributed by atoms with Crippen LogP contribution in [0.25, 0.3) is 32.7 Å². The number of carboxylic acids is 2. The Bertz CT molecular complexity index is 3540. The van der Waals surface area contributed by atoms with Gasteiger partial charge in [-0.25, -0.2) is 4.79 Å². The Kier molecular flexibility index (Phi) is 23.5. The zero-order valence-corrected chi connectivity index (χ0v) is 50.0. The van der Waals surface area contributed by atoms with Gasteiger partial charge in [-0.3, -0.25) is 47.9 Å². The molecule has 1 aliphatic rings. The molecule has 1 saturated heterocycles. The van der Waals surface area contributed by atoms with Crippen molar-refractivity contribution in [3.8, 4) is 0 Å². The number of aliphatic hydroxyl groups is 1. The summed E-state index contributed by atoms with van der Waals surface area (Å²) in [5, 5.41) is 52.0. The molecule has 1 fully saturated rings. The summed E-state index contributed by atoms with van der Waals surface area (Å²) >= 11 is 8.14.